The maximum absolute atomic E-state index is 13.6. The summed E-state index contributed by atoms with van der Waals surface area (Å²) in [5, 5.41) is 2.84. The van der Waals surface area contributed by atoms with Gasteiger partial charge < -0.3 is 10.2 Å². The van der Waals surface area contributed by atoms with Gasteiger partial charge in [-0.3, -0.25) is 4.79 Å². The molecule has 2 aromatic carbocycles. The first-order valence-corrected chi connectivity index (χ1v) is 10.8. The second-order valence-corrected chi connectivity index (χ2v) is 9.21. The van der Waals surface area contributed by atoms with Crippen molar-refractivity contribution in [1.82, 2.24) is 14.9 Å². The van der Waals surface area contributed by atoms with E-state index in [1.807, 2.05) is 19.0 Å². The fourth-order valence-electron chi connectivity index (χ4n) is 2.99. The molecule has 2 N–H and O–H groups in total. The Labute approximate surface area is 172 Å². The third-order valence-corrected chi connectivity index (χ3v) is 6.12. The lowest BCUT2D eigenvalue weighted by Crippen LogP contribution is -2.35. The summed E-state index contributed by atoms with van der Waals surface area (Å²) >= 11 is 0. The van der Waals surface area contributed by atoms with Gasteiger partial charge in [-0.1, -0.05) is 18.2 Å². The first kappa shape index (κ1) is 23.0. The summed E-state index contributed by atoms with van der Waals surface area (Å²) in [5.41, 5.74) is 1.69. The number of rotatable bonds is 8. The fourth-order valence-corrected chi connectivity index (χ4v) is 4.27. The summed E-state index contributed by atoms with van der Waals surface area (Å²) < 4.78 is 40.9. The van der Waals surface area contributed by atoms with Crippen LogP contribution in [0.3, 0.4) is 0 Å². The molecule has 6 nitrogen and oxygen atoms in total. The third-order valence-electron chi connectivity index (χ3n) is 4.47. The van der Waals surface area contributed by atoms with Crippen molar-refractivity contribution in [2.24, 2.45) is 0 Å². The highest BCUT2D eigenvalue weighted by Crippen LogP contribution is 2.20. The molecule has 2 aromatic rings. The molecule has 0 radical (unpaired) electrons. The number of nitrogens with zero attached hydrogens (tertiary/aromatic N) is 1. The van der Waals surface area contributed by atoms with E-state index in [-0.39, 0.29) is 40.8 Å². The van der Waals surface area contributed by atoms with E-state index >= 15 is 0 Å². The highest BCUT2D eigenvalue weighted by Gasteiger charge is 2.20. The maximum atomic E-state index is 13.6. The zero-order valence-corrected chi connectivity index (χ0v) is 18.2. The summed E-state index contributed by atoms with van der Waals surface area (Å²) in [6.07, 6.45) is 0. The lowest BCUT2D eigenvalue weighted by Gasteiger charge is -2.25. The summed E-state index contributed by atoms with van der Waals surface area (Å²) in [6, 6.07) is 10.2. The van der Waals surface area contributed by atoms with Crippen LogP contribution in [0.25, 0.3) is 0 Å². The van der Waals surface area contributed by atoms with Crippen LogP contribution in [0.15, 0.2) is 47.4 Å². The fraction of sp³-hybridized carbons (Fsp3) is 0.381. The number of benzene rings is 2. The first-order valence-electron chi connectivity index (χ1n) is 9.34. The van der Waals surface area contributed by atoms with E-state index < -0.39 is 10.0 Å². The Balaban J connectivity index is 2.22. The molecule has 158 valence electrons. The van der Waals surface area contributed by atoms with E-state index in [1.165, 1.54) is 24.3 Å². The van der Waals surface area contributed by atoms with Gasteiger partial charge in [-0.05, 0) is 70.3 Å². The average molecular weight is 422 g/mol. The van der Waals surface area contributed by atoms with Gasteiger partial charge in [0.15, 0.2) is 0 Å². The maximum Gasteiger partial charge on any atom is 0.251 e. The largest absolute Gasteiger partial charge is 0.350 e. The molecular formula is C21H28FN3O3S. The predicted molar refractivity (Wildman–Crippen MR) is 112 cm³/mol. The van der Waals surface area contributed by atoms with Gasteiger partial charge in [0.05, 0.1) is 10.9 Å². The molecule has 0 bridgehead atoms. The smallest absolute Gasteiger partial charge is 0.251 e. The monoisotopic (exact) mass is 421 g/mol. The molecule has 0 saturated heterocycles. The minimum atomic E-state index is -3.70. The van der Waals surface area contributed by atoms with Crippen LogP contribution in [0.2, 0.25) is 0 Å². The molecule has 0 aliphatic heterocycles. The highest BCUT2D eigenvalue weighted by atomic mass is 32.2. The number of hydrogen-bond donors (Lipinski definition) is 2. The topological polar surface area (TPSA) is 78.5 Å². The Morgan fingerprint density at radius 3 is 2.41 bits per heavy atom. The standard InChI is InChI=1S/C21H28FN3O3S/c1-14(2)24-29(27,28)18-10-9-15(3)19(12-18)21(26)23-13-20(25(4)5)16-7-6-8-17(22)11-16/h6-12,14,20,24H,13H2,1-5H3,(H,23,26)/t20-/m0/s1. The molecule has 0 spiro atoms. The Morgan fingerprint density at radius 2 is 1.83 bits per heavy atom. The number of carbonyl (C=O) groups is 1. The Morgan fingerprint density at radius 1 is 1.14 bits per heavy atom. The second-order valence-electron chi connectivity index (χ2n) is 7.50. The van der Waals surface area contributed by atoms with Crippen LogP contribution in [-0.2, 0) is 10.0 Å². The minimum absolute atomic E-state index is 0.0382. The van der Waals surface area contributed by atoms with Crippen LogP contribution in [0.4, 0.5) is 4.39 Å². The molecule has 0 fully saturated rings. The number of halogens is 1. The number of carbonyl (C=O) groups excluding carboxylic acids is 1. The van der Waals surface area contributed by atoms with Crippen LogP contribution in [0.1, 0.15) is 41.4 Å². The molecular weight excluding hydrogens is 393 g/mol. The predicted octanol–water partition coefficient (Wildman–Crippen LogP) is 2.85. The van der Waals surface area contributed by atoms with E-state index in [0.29, 0.717) is 5.56 Å². The molecule has 1 amide bonds. The quantitative estimate of drug-likeness (QED) is 0.687. The van der Waals surface area contributed by atoms with Crippen molar-refractivity contribution in [3.8, 4) is 0 Å². The number of amides is 1. The molecule has 0 aliphatic carbocycles. The normalized spacial score (nSPS) is 13.0. The second kappa shape index (κ2) is 9.47. The molecule has 29 heavy (non-hydrogen) atoms. The summed E-state index contributed by atoms with van der Waals surface area (Å²) in [6.45, 7) is 5.45. The van der Waals surface area contributed by atoms with Crippen molar-refractivity contribution >= 4 is 15.9 Å². The Bertz CT molecular complexity index is 975. The van der Waals surface area contributed by atoms with Crippen LogP contribution in [0, 0.1) is 12.7 Å². The van der Waals surface area contributed by atoms with E-state index in [2.05, 4.69) is 10.0 Å². The molecule has 8 heteroatoms. The van der Waals surface area contributed by atoms with Crippen molar-refractivity contribution in [2.45, 2.75) is 37.8 Å². The SMILES string of the molecule is Cc1ccc(S(=O)(=O)NC(C)C)cc1C(=O)NC[C@@H](c1cccc(F)c1)N(C)C. The van der Waals surface area contributed by atoms with E-state index in [4.69, 9.17) is 0 Å². The first-order chi connectivity index (χ1) is 13.5. The molecule has 1 atom stereocenters. The molecule has 0 aromatic heterocycles. The average Bonchev–Trinajstić information content (AvgIpc) is 2.60. The summed E-state index contributed by atoms with van der Waals surface area (Å²) in [4.78, 5) is 14.7. The zero-order valence-electron chi connectivity index (χ0n) is 17.4. The van der Waals surface area contributed by atoms with Crippen LogP contribution in [-0.4, -0.2) is 45.9 Å². The van der Waals surface area contributed by atoms with E-state index in [0.717, 1.165) is 5.56 Å². The van der Waals surface area contributed by atoms with E-state index in [1.54, 1.807) is 39.0 Å². The summed E-state index contributed by atoms with van der Waals surface area (Å²) in [7, 11) is -0.0147. The van der Waals surface area contributed by atoms with Gasteiger partial charge >= 0.3 is 0 Å². The highest BCUT2D eigenvalue weighted by molar-refractivity contribution is 7.89. The minimum Gasteiger partial charge on any atom is -0.350 e. The number of hydrogen-bond acceptors (Lipinski definition) is 4. The van der Waals surface area contributed by atoms with Gasteiger partial charge in [0.2, 0.25) is 10.0 Å². The number of sulfonamides is 1. The van der Waals surface area contributed by atoms with Crippen LogP contribution < -0.4 is 10.0 Å². The number of likely N-dealkylation sites (N-methyl/N-ethyl adjacent to an activating group) is 1. The zero-order chi connectivity index (χ0) is 21.8. The van der Waals surface area contributed by atoms with Gasteiger partial charge in [0.1, 0.15) is 5.82 Å². The Hall–Kier alpha value is -2.29. The van der Waals surface area contributed by atoms with Crippen molar-refractivity contribution < 1.29 is 17.6 Å². The van der Waals surface area contributed by atoms with Crippen molar-refractivity contribution in [3.05, 3.63) is 65.0 Å². The van der Waals surface area contributed by atoms with Gasteiger partial charge in [-0.2, -0.15) is 0 Å². The molecule has 0 aliphatic rings. The van der Waals surface area contributed by atoms with Gasteiger partial charge in [0.25, 0.3) is 5.91 Å². The number of nitrogens with one attached hydrogen (secondary N) is 2. The lowest BCUT2D eigenvalue weighted by molar-refractivity contribution is 0.0941. The lowest BCUT2D eigenvalue weighted by atomic mass is 10.0. The van der Waals surface area contributed by atoms with Gasteiger partial charge in [-0.15, -0.1) is 0 Å². The third kappa shape index (κ3) is 6.09. The van der Waals surface area contributed by atoms with Gasteiger partial charge in [0, 0.05) is 18.2 Å². The van der Waals surface area contributed by atoms with Gasteiger partial charge in [-0.25, -0.2) is 17.5 Å². The summed E-state index contributed by atoms with van der Waals surface area (Å²) in [5.74, 6) is -0.723. The van der Waals surface area contributed by atoms with Crippen molar-refractivity contribution in [1.29, 1.82) is 0 Å². The Kier molecular flexibility index (Phi) is 7.51. The molecule has 2 rings (SSSR count). The van der Waals surface area contributed by atoms with Crippen molar-refractivity contribution in [2.75, 3.05) is 20.6 Å². The van der Waals surface area contributed by atoms with Crippen molar-refractivity contribution in [3.63, 3.8) is 0 Å². The molecule has 0 saturated carbocycles. The van der Waals surface area contributed by atoms with Crippen LogP contribution in [0.5, 0.6) is 0 Å². The number of aryl methyl sites for hydroxylation is 1. The van der Waals surface area contributed by atoms with Crippen LogP contribution >= 0.6 is 0 Å². The molecule has 0 heterocycles. The van der Waals surface area contributed by atoms with E-state index in [9.17, 15) is 17.6 Å². The molecule has 0 unspecified atom stereocenters.